The van der Waals surface area contributed by atoms with Crippen LogP contribution < -0.4 is 9.08 Å². The van der Waals surface area contributed by atoms with E-state index in [1.807, 2.05) is 31.2 Å². The number of halogens is 1. The molecule has 0 heterocycles. The molecule has 1 unspecified atom stereocenters. The van der Waals surface area contributed by atoms with Crippen molar-refractivity contribution in [2.24, 2.45) is 0 Å². The molecule has 0 aromatic heterocycles. The summed E-state index contributed by atoms with van der Waals surface area (Å²) in [5, 5.41) is 0. The Kier molecular flexibility index (Phi) is 9.64. The summed E-state index contributed by atoms with van der Waals surface area (Å²) < 4.78 is 14.1. The molecule has 0 radical (unpaired) electrons. The Hall–Kier alpha value is -1.33. The van der Waals surface area contributed by atoms with Crippen LogP contribution in [0.4, 0.5) is 0 Å². The number of nitrogens with one attached hydrogen (secondary N) is 1. The quantitative estimate of drug-likeness (QED) is 0.269. The highest BCUT2D eigenvalue weighted by molar-refractivity contribution is 9.08. The number of unbranched alkanes of at least 4 members (excludes halogenated alkanes) is 1. The first-order chi connectivity index (χ1) is 11.1. The topological polar surface area (TPSA) is 47.6 Å². The summed E-state index contributed by atoms with van der Waals surface area (Å²) in [6.45, 7) is 9.11. The van der Waals surface area contributed by atoms with E-state index in [9.17, 15) is 4.79 Å². The van der Waals surface area contributed by atoms with Gasteiger partial charge in [0.1, 0.15) is 11.9 Å². The normalized spacial score (nSPS) is 11.8. The van der Waals surface area contributed by atoms with Gasteiger partial charge in [0.25, 0.3) is 0 Å². The largest absolute Gasteiger partial charge is 0.486 e. The molecular weight excluding hydrogens is 358 g/mol. The highest BCUT2D eigenvalue weighted by Crippen LogP contribution is 2.24. The van der Waals surface area contributed by atoms with Gasteiger partial charge in [-0.25, -0.2) is 0 Å². The summed E-state index contributed by atoms with van der Waals surface area (Å²) in [5.74, 6) is 0.492. The lowest BCUT2D eigenvalue weighted by Crippen LogP contribution is -2.19. The smallest absolute Gasteiger partial charge is 0.310 e. The van der Waals surface area contributed by atoms with E-state index in [0.717, 1.165) is 42.7 Å². The van der Waals surface area contributed by atoms with Crippen LogP contribution >= 0.6 is 16.1 Å². The highest BCUT2D eigenvalue weighted by atomic mass is 79.9. The van der Waals surface area contributed by atoms with Gasteiger partial charge < -0.3 is 9.47 Å². The molecule has 23 heavy (non-hydrogen) atoms. The number of hydrogen-bond donors (Lipinski definition) is 1. The Bertz CT molecular complexity index is 505. The second kappa shape index (κ2) is 11.2. The van der Waals surface area contributed by atoms with Gasteiger partial charge in [0.15, 0.2) is 0 Å². The Morgan fingerprint density at radius 2 is 2.09 bits per heavy atom. The molecule has 0 fully saturated rings. The molecule has 0 saturated carbocycles. The maximum atomic E-state index is 11.7. The molecule has 0 spiro atoms. The molecule has 5 heteroatoms. The molecule has 1 rings (SSSR count). The molecule has 0 aliphatic heterocycles. The molecule has 1 N–H and O–H groups in total. The van der Waals surface area contributed by atoms with Crippen molar-refractivity contribution in [3.05, 3.63) is 42.0 Å². The van der Waals surface area contributed by atoms with E-state index in [1.165, 1.54) is 0 Å². The fourth-order valence-electron chi connectivity index (χ4n) is 2.21. The minimum absolute atomic E-state index is 0.0475. The van der Waals surface area contributed by atoms with Crippen molar-refractivity contribution in [2.45, 2.75) is 45.6 Å². The summed E-state index contributed by atoms with van der Waals surface area (Å²) in [7, 11) is 0. The third kappa shape index (κ3) is 7.66. The van der Waals surface area contributed by atoms with E-state index in [0.29, 0.717) is 6.61 Å². The van der Waals surface area contributed by atoms with E-state index < -0.39 is 0 Å². The lowest BCUT2D eigenvalue weighted by Gasteiger charge is -2.21. The van der Waals surface area contributed by atoms with E-state index in [1.54, 1.807) is 6.92 Å². The predicted molar refractivity (Wildman–Crippen MR) is 96.8 cm³/mol. The van der Waals surface area contributed by atoms with Gasteiger partial charge in [-0.05, 0) is 44.7 Å². The molecule has 128 valence electrons. The first kappa shape index (κ1) is 19.7. The van der Waals surface area contributed by atoms with Crippen LogP contribution in [0.15, 0.2) is 36.4 Å². The maximum Gasteiger partial charge on any atom is 0.310 e. The van der Waals surface area contributed by atoms with Gasteiger partial charge in [-0.3, -0.25) is 9.14 Å². The first-order valence-electron chi connectivity index (χ1n) is 7.97. The lowest BCUT2D eigenvalue weighted by molar-refractivity contribution is -0.142. The fourth-order valence-corrected chi connectivity index (χ4v) is 2.49. The number of carbonyl (C=O) groups is 1. The summed E-state index contributed by atoms with van der Waals surface area (Å²) >= 11 is 3.20. The molecule has 1 aromatic rings. The molecule has 0 aliphatic rings. The third-order valence-electron chi connectivity index (χ3n) is 3.42. The zero-order valence-corrected chi connectivity index (χ0v) is 15.5. The number of rotatable bonds is 11. The van der Waals surface area contributed by atoms with Crippen molar-refractivity contribution < 1.29 is 14.3 Å². The SMILES string of the molecule is C=C(C)C(CCCCNBr)Oc1ccccc1CC(=O)OCC. The summed E-state index contributed by atoms with van der Waals surface area (Å²) in [4.78, 5) is 11.7. The van der Waals surface area contributed by atoms with Crippen LogP contribution in [0.3, 0.4) is 0 Å². The number of benzene rings is 1. The number of para-hydroxylation sites is 1. The second-order valence-corrected chi connectivity index (χ2v) is 5.98. The Balaban J connectivity index is 2.71. The van der Waals surface area contributed by atoms with Crippen molar-refractivity contribution in [2.75, 3.05) is 13.2 Å². The zero-order chi connectivity index (χ0) is 17.1. The van der Waals surface area contributed by atoms with Crippen LogP contribution in [0.2, 0.25) is 0 Å². The summed E-state index contributed by atoms with van der Waals surface area (Å²) in [6, 6.07) is 7.61. The van der Waals surface area contributed by atoms with Crippen molar-refractivity contribution >= 4 is 22.1 Å². The zero-order valence-electron chi connectivity index (χ0n) is 13.9. The molecule has 1 aromatic carbocycles. The van der Waals surface area contributed by atoms with Gasteiger partial charge in [-0.15, -0.1) is 0 Å². The Morgan fingerprint density at radius 3 is 2.74 bits per heavy atom. The first-order valence-corrected chi connectivity index (χ1v) is 8.76. The minimum atomic E-state index is -0.237. The minimum Gasteiger partial charge on any atom is -0.486 e. The van der Waals surface area contributed by atoms with Gasteiger partial charge in [0.2, 0.25) is 0 Å². The van der Waals surface area contributed by atoms with Crippen molar-refractivity contribution in [3.8, 4) is 5.75 Å². The van der Waals surface area contributed by atoms with Gasteiger partial charge >= 0.3 is 5.97 Å². The van der Waals surface area contributed by atoms with Crippen LogP contribution in [0, 0.1) is 0 Å². The average molecular weight is 384 g/mol. The molecular formula is C18H26BrNO3. The molecule has 0 aliphatic carbocycles. The van der Waals surface area contributed by atoms with E-state index in [2.05, 4.69) is 27.1 Å². The number of esters is 1. The van der Waals surface area contributed by atoms with Gasteiger partial charge in [0, 0.05) is 28.3 Å². The monoisotopic (exact) mass is 383 g/mol. The Labute approximate surface area is 147 Å². The highest BCUT2D eigenvalue weighted by Gasteiger charge is 2.15. The third-order valence-corrected chi connectivity index (χ3v) is 3.82. The molecule has 4 nitrogen and oxygen atoms in total. The van der Waals surface area contributed by atoms with Crippen molar-refractivity contribution in [1.29, 1.82) is 0 Å². The predicted octanol–water partition coefficient (Wildman–Crippen LogP) is 4.19. The van der Waals surface area contributed by atoms with Crippen LogP contribution in [-0.2, 0) is 16.0 Å². The van der Waals surface area contributed by atoms with Crippen molar-refractivity contribution in [3.63, 3.8) is 0 Å². The molecule has 0 saturated heterocycles. The maximum absolute atomic E-state index is 11.7. The van der Waals surface area contributed by atoms with Crippen LogP contribution in [0.25, 0.3) is 0 Å². The van der Waals surface area contributed by atoms with E-state index in [4.69, 9.17) is 9.47 Å². The van der Waals surface area contributed by atoms with Crippen LogP contribution in [-0.4, -0.2) is 25.2 Å². The molecule has 0 bridgehead atoms. The van der Waals surface area contributed by atoms with Crippen molar-refractivity contribution in [1.82, 2.24) is 4.34 Å². The fraction of sp³-hybridized carbons (Fsp3) is 0.500. The van der Waals surface area contributed by atoms with Crippen LogP contribution in [0.1, 0.15) is 38.7 Å². The standard InChI is InChI=1S/C18H26BrNO3/c1-4-22-18(21)13-15-9-5-6-11-17(15)23-16(14(2)3)10-7-8-12-20-19/h5-6,9,11,16,20H,2,4,7-8,10,12-13H2,1,3H3. The van der Waals surface area contributed by atoms with Gasteiger partial charge in [0.05, 0.1) is 13.0 Å². The summed E-state index contributed by atoms with van der Waals surface area (Å²) in [6.07, 6.45) is 3.17. The van der Waals surface area contributed by atoms with E-state index >= 15 is 0 Å². The lowest BCUT2D eigenvalue weighted by atomic mass is 10.1. The average Bonchev–Trinajstić information content (AvgIpc) is 2.52. The molecule has 0 amide bonds. The second-order valence-electron chi connectivity index (χ2n) is 5.42. The number of hydrogen-bond acceptors (Lipinski definition) is 4. The Morgan fingerprint density at radius 1 is 1.35 bits per heavy atom. The number of ether oxygens (including phenoxy) is 2. The van der Waals surface area contributed by atoms with Gasteiger partial charge in [-0.1, -0.05) is 24.8 Å². The summed E-state index contributed by atoms with van der Waals surface area (Å²) in [5.41, 5.74) is 1.84. The molecule has 1 atom stereocenters. The van der Waals surface area contributed by atoms with E-state index in [-0.39, 0.29) is 18.5 Å². The van der Waals surface area contributed by atoms with Gasteiger partial charge in [-0.2, -0.15) is 0 Å². The van der Waals surface area contributed by atoms with Crippen LogP contribution in [0.5, 0.6) is 5.75 Å². The number of carbonyl (C=O) groups excluding carboxylic acids is 1.